The number of fused-ring (bicyclic) bond motifs is 1. The molecule has 1 N–H and O–H groups in total. The number of carbonyl (C=O) groups is 1. The first kappa shape index (κ1) is 23.0. The van der Waals surface area contributed by atoms with E-state index in [1.54, 1.807) is 30.0 Å². The van der Waals surface area contributed by atoms with E-state index in [-0.39, 0.29) is 5.92 Å². The Morgan fingerprint density at radius 1 is 1.12 bits per heavy atom. The van der Waals surface area contributed by atoms with Crippen LogP contribution in [0.15, 0.2) is 53.9 Å². The van der Waals surface area contributed by atoms with Crippen molar-refractivity contribution >= 4 is 54.9 Å². The lowest BCUT2D eigenvalue weighted by Crippen LogP contribution is -2.37. The number of anilines is 2. The van der Waals surface area contributed by atoms with Crippen molar-refractivity contribution in [2.24, 2.45) is 10.9 Å². The van der Waals surface area contributed by atoms with Gasteiger partial charge in [0.15, 0.2) is 17.3 Å². The highest BCUT2D eigenvalue weighted by Gasteiger charge is 2.50. The van der Waals surface area contributed by atoms with Crippen LogP contribution in [0, 0.1) is 23.4 Å². The van der Waals surface area contributed by atoms with Gasteiger partial charge in [0.1, 0.15) is 14.4 Å². The second kappa shape index (κ2) is 9.13. The standard InChI is InChI=1S/C22H16F3IN6OS/c23-14-5-17(25)18(27-6-14)19(33)30-16-3-1-2-12(4-16)22-11-32(21-28-7-15(24)8-29-21)9-13(22)10-34-20(26)31-22/h1-8,13H,9-11H2,(H,30,33)/t13-,22+/m0/s1. The van der Waals surface area contributed by atoms with Crippen LogP contribution >= 0.6 is 34.4 Å². The Labute approximate surface area is 210 Å². The lowest BCUT2D eigenvalue weighted by molar-refractivity contribution is 0.101. The summed E-state index contributed by atoms with van der Waals surface area (Å²) >= 11 is 3.86. The predicted octanol–water partition coefficient (Wildman–Crippen LogP) is 4.41. The van der Waals surface area contributed by atoms with E-state index in [9.17, 15) is 18.0 Å². The van der Waals surface area contributed by atoms with Gasteiger partial charge in [0.2, 0.25) is 5.95 Å². The Morgan fingerprint density at radius 3 is 2.65 bits per heavy atom. The maximum atomic E-state index is 14.0. The summed E-state index contributed by atoms with van der Waals surface area (Å²) in [5.41, 5.74) is 0.174. The normalized spacial score (nSPS) is 21.7. The van der Waals surface area contributed by atoms with Gasteiger partial charge >= 0.3 is 0 Å². The van der Waals surface area contributed by atoms with Crippen LogP contribution in [0.25, 0.3) is 0 Å². The molecule has 174 valence electrons. The molecule has 0 radical (unpaired) electrons. The number of hydrogen-bond acceptors (Lipinski definition) is 7. The lowest BCUT2D eigenvalue weighted by atomic mass is 9.82. The minimum Gasteiger partial charge on any atom is -0.338 e. The lowest BCUT2D eigenvalue weighted by Gasteiger charge is -2.34. The molecule has 2 aliphatic heterocycles. The number of nitrogens with zero attached hydrogens (tertiary/aromatic N) is 5. The van der Waals surface area contributed by atoms with E-state index in [0.29, 0.717) is 30.8 Å². The van der Waals surface area contributed by atoms with Gasteiger partial charge in [-0.1, -0.05) is 23.9 Å². The average molecular weight is 596 g/mol. The van der Waals surface area contributed by atoms with Crippen LogP contribution in [0.2, 0.25) is 0 Å². The largest absolute Gasteiger partial charge is 0.338 e. The Kier molecular flexibility index (Phi) is 6.18. The highest BCUT2D eigenvalue weighted by molar-refractivity contribution is 14.1. The number of nitrogens with one attached hydrogen (secondary N) is 1. The number of carbonyl (C=O) groups excluding carboxylic acids is 1. The molecule has 1 fully saturated rings. The van der Waals surface area contributed by atoms with Gasteiger partial charge in [0.25, 0.3) is 5.91 Å². The Balaban J connectivity index is 1.46. The van der Waals surface area contributed by atoms with Gasteiger partial charge in [-0.15, -0.1) is 0 Å². The monoisotopic (exact) mass is 596 g/mol. The summed E-state index contributed by atoms with van der Waals surface area (Å²) in [6.45, 7) is 1.11. The third-order valence-corrected chi connectivity index (χ3v) is 7.85. The summed E-state index contributed by atoms with van der Waals surface area (Å²) in [5, 5.41) is 2.64. The Bertz CT molecular complexity index is 1290. The van der Waals surface area contributed by atoms with Crippen molar-refractivity contribution in [3.8, 4) is 0 Å². The summed E-state index contributed by atoms with van der Waals surface area (Å²) in [7, 11) is 0. The van der Waals surface area contributed by atoms with Gasteiger partial charge in [0, 0.05) is 30.0 Å². The molecule has 5 rings (SSSR count). The molecule has 12 heteroatoms. The quantitative estimate of drug-likeness (QED) is 0.450. The summed E-state index contributed by atoms with van der Waals surface area (Å²) in [6, 6.07) is 7.80. The Hall–Kier alpha value is -2.74. The van der Waals surface area contributed by atoms with E-state index >= 15 is 0 Å². The molecule has 7 nitrogen and oxygen atoms in total. The molecule has 2 atom stereocenters. The number of aliphatic imine (C=N–C) groups is 1. The van der Waals surface area contributed by atoms with Gasteiger partial charge in [-0.3, -0.25) is 9.79 Å². The topological polar surface area (TPSA) is 83.4 Å². The zero-order valence-corrected chi connectivity index (χ0v) is 20.4. The fourth-order valence-corrected chi connectivity index (χ4v) is 6.15. The van der Waals surface area contributed by atoms with Gasteiger partial charge < -0.3 is 10.2 Å². The molecular formula is C22H16F3IN6OS. The van der Waals surface area contributed by atoms with Crippen LogP contribution in [-0.4, -0.2) is 42.8 Å². The first-order valence-electron chi connectivity index (χ1n) is 10.2. The molecule has 1 aromatic carbocycles. The van der Waals surface area contributed by atoms with Crippen molar-refractivity contribution in [1.29, 1.82) is 0 Å². The number of aromatic nitrogens is 3. The van der Waals surface area contributed by atoms with Gasteiger partial charge in [-0.25, -0.2) is 28.1 Å². The third kappa shape index (κ3) is 4.35. The summed E-state index contributed by atoms with van der Waals surface area (Å²) in [5.74, 6) is -1.83. The SMILES string of the molecule is O=C(Nc1cccc([C@]23CN(c4ncc(F)cn4)C[C@H]2CSC(I)=N3)c1)c1ncc(F)cc1F. The van der Waals surface area contributed by atoms with Crippen LogP contribution in [0.3, 0.4) is 0 Å². The van der Waals surface area contributed by atoms with Crippen molar-refractivity contribution < 1.29 is 18.0 Å². The summed E-state index contributed by atoms with van der Waals surface area (Å²) in [6.07, 6.45) is 3.06. The van der Waals surface area contributed by atoms with Crippen LogP contribution in [-0.2, 0) is 5.54 Å². The van der Waals surface area contributed by atoms with Crippen LogP contribution in [0.1, 0.15) is 16.1 Å². The van der Waals surface area contributed by atoms with Gasteiger partial charge in [0.05, 0.1) is 25.1 Å². The molecule has 0 saturated carbocycles. The molecule has 1 saturated heterocycles. The molecule has 34 heavy (non-hydrogen) atoms. The fourth-order valence-electron chi connectivity index (χ4n) is 4.23. The van der Waals surface area contributed by atoms with Crippen LogP contribution in [0.4, 0.5) is 24.8 Å². The second-order valence-corrected chi connectivity index (χ2v) is 10.7. The molecule has 4 heterocycles. The molecule has 1 amide bonds. The van der Waals surface area contributed by atoms with Gasteiger partial charge in [-0.05, 0) is 40.3 Å². The van der Waals surface area contributed by atoms with E-state index in [4.69, 9.17) is 4.99 Å². The number of rotatable bonds is 4. The first-order chi connectivity index (χ1) is 16.3. The average Bonchev–Trinajstić information content (AvgIpc) is 3.19. The van der Waals surface area contributed by atoms with E-state index < -0.39 is 34.6 Å². The van der Waals surface area contributed by atoms with Crippen molar-refractivity contribution in [2.75, 3.05) is 29.1 Å². The second-order valence-electron chi connectivity index (χ2n) is 7.90. The third-order valence-electron chi connectivity index (χ3n) is 5.77. The molecule has 3 aromatic rings. The van der Waals surface area contributed by atoms with Crippen LogP contribution < -0.4 is 10.2 Å². The number of thioether (sulfide) groups is 1. The first-order valence-corrected chi connectivity index (χ1v) is 12.2. The van der Waals surface area contributed by atoms with Crippen molar-refractivity contribution in [3.05, 3.63) is 77.6 Å². The van der Waals surface area contributed by atoms with Crippen molar-refractivity contribution in [2.45, 2.75) is 5.54 Å². The minimum atomic E-state index is -1.04. The van der Waals surface area contributed by atoms with E-state index in [2.05, 4.69) is 42.9 Å². The fraction of sp³-hybridized carbons (Fsp3) is 0.227. The number of benzene rings is 1. The van der Waals surface area contributed by atoms with E-state index in [1.807, 2.05) is 11.0 Å². The van der Waals surface area contributed by atoms with E-state index in [0.717, 1.165) is 33.0 Å². The summed E-state index contributed by atoms with van der Waals surface area (Å²) < 4.78 is 41.4. The van der Waals surface area contributed by atoms with Gasteiger partial charge in [-0.2, -0.15) is 0 Å². The molecule has 0 bridgehead atoms. The molecule has 2 aromatic heterocycles. The molecule has 0 aliphatic carbocycles. The van der Waals surface area contributed by atoms with Crippen molar-refractivity contribution in [3.63, 3.8) is 0 Å². The molecular weight excluding hydrogens is 580 g/mol. The van der Waals surface area contributed by atoms with Crippen LogP contribution in [0.5, 0.6) is 0 Å². The Morgan fingerprint density at radius 2 is 1.88 bits per heavy atom. The molecule has 2 aliphatic rings. The number of pyridine rings is 1. The number of amides is 1. The maximum absolute atomic E-state index is 14.0. The zero-order chi connectivity index (χ0) is 23.9. The maximum Gasteiger partial charge on any atom is 0.277 e. The number of halogens is 4. The van der Waals surface area contributed by atoms with Crippen molar-refractivity contribution in [1.82, 2.24) is 15.0 Å². The van der Waals surface area contributed by atoms with E-state index in [1.165, 1.54) is 0 Å². The molecule has 0 spiro atoms. The highest BCUT2D eigenvalue weighted by Crippen LogP contribution is 2.47. The zero-order valence-electron chi connectivity index (χ0n) is 17.4. The number of hydrogen-bond donors (Lipinski definition) is 1. The smallest absolute Gasteiger partial charge is 0.277 e. The summed E-state index contributed by atoms with van der Waals surface area (Å²) in [4.78, 5) is 31.4. The highest BCUT2D eigenvalue weighted by atomic mass is 127. The minimum absolute atomic E-state index is 0.117. The molecule has 0 unspecified atom stereocenters. The predicted molar refractivity (Wildman–Crippen MR) is 132 cm³/mol.